The molecule has 338 valence electrons. The molecule has 3 N–H and O–H groups in total. The highest BCUT2D eigenvalue weighted by Gasteiger charge is 2.23. The van der Waals surface area contributed by atoms with Gasteiger partial charge in [-0.25, -0.2) is 4.57 Å². The fourth-order valence-electron chi connectivity index (χ4n) is 6.49. The number of ether oxygens (including phenoxy) is 1. The molecule has 0 aliphatic heterocycles. The fraction of sp³-hybridized carbons (Fsp3) is 0.792. The molecule has 9 nitrogen and oxygen atoms in total. The molecule has 0 radical (unpaired) electrons. The lowest BCUT2D eigenvalue weighted by Gasteiger charge is -2.15. The average Bonchev–Trinajstić information content (AvgIpc) is 3.21. The number of nitrogens with one attached hydrogen (secondary N) is 1. The summed E-state index contributed by atoms with van der Waals surface area (Å²) in [6, 6.07) is 0. The monoisotopic (exact) mass is 838 g/mol. The third kappa shape index (κ3) is 45.1. The van der Waals surface area contributed by atoms with E-state index in [9.17, 15) is 24.2 Å². The van der Waals surface area contributed by atoms with Gasteiger partial charge in [-0.1, -0.05) is 197 Å². The number of allylic oxidation sites excluding steroid dienone is 8. The highest BCUT2D eigenvalue weighted by molar-refractivity contribution is 7.47. The molecule has 0 aromatic heterocycles. The SMILES string of the molecule is CC/C=C\C/C=C\C/C=C\C/C=C\CCCCC(=O)OCC(O)COP(=O)(O)OCCNC(=O)CCCCCCCCCCCCCCCCCCCCCCCC. The van der Waals surface area contributed by atoms with E-state index in [-0.39, 0.29) is 32.1 Å². The summed E-state index contributed by atoms with van der Waals surface area (Å²) >= 11 is 0. The third-order valence-corrected chi connectivity index (χ3v) is 11.0. The zero-order valence-electron chi connectivity index (χ0n) is 37.2. The fourth-order valence-corrected chi connectivity index (χ4v) is 7.25. The molecule has 0 rings (SSSR count). The number of aliphatic hydroxyl groups is 1. The van der Waals surface area contributed by atoms with Crippen molar-refractivity contribution in [3.63, 3.8) is 0 Å². The van der Waals surface area contributed by atoms with E-state index in [1.54, 1.807) is 0 Å². The van der Waals surface area contributed by atoms with Crippen molar-refractivity contribution in [1.29, 1.82) is 0 Å². The van der Waals surface area contributed by atoms with Crippen molar-refractivity contribution in [2.45, 2.75) is 219 Å². The van der Waals surface area contributed by atoms with Gasteiger partial charge in [-0.15, -0.1) is 0 Å². The first kappa shape index (κ1) is 56.0. The summed E-state index contributed by atoms with van der Waals surface area (Å²) in [5, 5.41) is 12.7. The number of unbranched alkanes of at least 4 members (excludes halogenated alkanes) is 23. The Hall–Kier alpha value is -2.03. The van der Waals surface area contributed by atoms with Gasteiger partial charge in [0, 0.05) is 19.4 Å². The van der Waals surface area contributed by atoms with Crippen LogP contribution in [0.2, 0.25) is 0 Å². The molecule has 2 atom stereocenters. The maximum atomic E-state index is 12.1. The topological polar surface area (TPSA) is 131 Å². The molecule has 2 unspecified atom stereocenters. The van der Waals surface area contributed by atoms with Gasteiger partial charge in [-0.05, 0) is 51.4 Å². The van der Waals surface area contributed by atoms with Gasteiger partial charge in [-0.3, -0.25) is 18.6 Å². The van der Waals surface area contributed by atoms with Crippen LogP contribution in [0.15, 0.2) is 48.6 Å². The van der Waals surface area contributed by atoms with E-state index >= 15 is 0 Å². The van der Waals surface area contributed by atoms with Gasteiger partial charge in [0.2, 0.25) is 5.91 Å². The zero-order chi connectivity index (χ0) is 42.5. The summed E-state index contributed by atoms with van der Waals surface area (Å²) in [5.74, 6) is -0.554. The Morgan fingerprint density at radius 3 is 1.47 bits per heavy atom. The molecule has 0 fully saturated rings. The highest BCUT2D eigenvalue weighted by Crippen LogP contribution is 2.42. The molecule has 1 amide bonds. The van der Waals surface area contributed by atoms with E-state index in [1.807, 2.05) is 0 Å². The summed E-state index contributed by atoms with van der Waals surface area (Å²) < 4.78 is 26.9. The van der Waals surface area contributed by atoms with Gasteiger partial charge in [0.15, 0.2) is 0 Å². The van der Waals surface area contributed by atoms with Crippen LogP contribution in [-0.4, -0.2) is 54.3 Å². The van der Waals surface area contributed by atoms with Gasteiger partial charge < -0.3 is 20.1 Å². The molecule has 0 saturated heterocycles. The molecule has 0 spiro atoms. The number of hydrogen-bond acceptors (Lipinski definition) is 7. The van der Waals surface area contributed by atoms with E-state index in [1.165, 1.54) is 122 Å². The molecule has 10 heteroatoms. The van der Waals surface area contributed by atoms with Crippen LogP contribution < -0.4 is 5.32 Å². The van der Waals surface area contributed by atoms with Crippen LogP contribution in [0, 0.1) is 0 Å². The van der Waals surface area contributed by atoms with E-state index in [0.29, 0.717) is 12.8 Å². The van der Waals surface area contributed by atoms with Crippen molar-refractivity contribution in [3.05, 3.63) is 48.6 Å². The predicted molar refractivity (Wildman–Crippen MR) is 243 cm³/mol. The van der Waals surface area contributed by atoms with Gasteiger partial charge in [0.05, 0.1) is 13.2 Å². The summed E-state index contributed by atoms with van der Waals surface area (Å²) in [6.45, 7) is 3.41. The lowest BCUT2D eigenvalue weighted by Crippen LogP contribution is -2.27. The lowest BCUT2D eigenvalue weighted by molar-refractivity contribution is -0.147. The second kappa shape index (κ2) is 44.5. The van der Waals surface area contributed by atoms with Crippen molar-refractivity contribution in [2.24, 2.45) is 0 Å². The van der Waals surface area contributed by atoms with Gasteiger partial charge in [0.25, 0.3) is 0 Å². The van der Waals surface area contributed by atoms with Crippen LogP contribution in [0.25, 0.3) is 0 Å². The number of carbonyl (C=O) groups is 2. The third-order valence-electron chi connectivity index (χ3n) is 10.0. The number of hydrogen-bond donors (Lipinski definition) is 3. The normalized spacial score (nSPS) is 13.7. The lowest BCUT2D eigenvalue weighted by atomic mass is 10.0. The molecule has 0 aliphatic carbocycles. The van der Waals surface area contributed by atoms with E-state index in [4.69, 9.17) is 13.8 Å². The van der Waals surface area contributed by atoms with E-state index in [0.717, 1.165) is 57.8 Å². The van der Waals surface area contributed by atoms with Crippen LogP contribution in [0.5, 0.6) is 0 Å². The Kier molecular flexibility index (Phi) is 43.0. The first-order valence-corrected chi connectivity index (χ1v) is 25.1. The van der Waals surface area contributed by atoms with Gasteiger partial charge in [-0.2, -0.15) is 0 Å². The zero-order valence-corrected chi connectivity index (χ0v) is 38.1. The number of phosphoric acid groups is 1. The molecule has 0 bridgehead atoms. The first-order chi connectivity index (χ1) is 28.3. The van der Waals surface area contributed by atoms with Gasteiger partial charge in [0.1, 0.15) is 12.7 Å². The standard InChI is InChI=1S/C48H88NO8P/c1-3-5-7-9-11-13-15-17-19-20-21-22-23-24-25-27-28-30-32-34-36-38-40-47(51)49-42-43-56-58(53,54)57-45-46(50)44-55-48(52)41-39-37-35-33-31-29-26-18-16-14-12-10-8-6-4-2/h6,8,12,14,18,26,31,33,46,50H,3-5,7,9-11,13,15-17,19-25,27-30,32,34-45H2,1-2H3,(H,49,51)(H,53,54)/b8-6-,14-12-,26-18-,33-31-. The summed E-state index contributed by atoms with van der Waals surface area (Å²) in [7, 11) is -4.43. The van der Waals surface area contributed by atoms with E-state index in [2.05, 4.69) is 67.8 Å². The van der Waals surface area contributed by atoms with Crippen molar-refractivity contribution in [2.75, 3.05) is 26.4 Å². The van der Waals surface area contributed by atoms with Crippen molar-refractivity contribution >= 4 is 19.7 Å². The number of rotatable bonds is 44. The molecular formula is C48H88NO8P. The maximum absolute atomic E-state index is 12.1. The van der Waals surface area contributed by atoms with Crippen LogP contribution in [0.3, 0.4) is 0 Å². The summed E-state index contributed by atoms with van der Waals surface area (Å²) in [6.07, 6.45) is 52.0. The molecule has 0 heterocycles. The average molecular weight is 838 g/mol. The number of aliphatic hydroxyl groups excluding tert-OH is 1. The minimum absolute atomic E-state index is 0.0779. The Morgan fingerprint density at radius 2 is 0.983 bits per heavy atom. The number of esters is 1. The van der Waals surface area contributed by atoms with Crippen LogP contribution in [-0.2, 0) is 27.9 Å². The van der Waals surface area contributed by atoms with Crippen LogP contribution in [0.4, 0.5) is 0 Å². The number of phosphoric ester groups is 1. The van der Waals surface area contributed by atoms with Crippen molar-refractivity contribution in [3.8, 4) is 0 Å². The smallest absolute Gasteiger partial charge is 0.463 e. The number of carbonyl (C=O) groups excluding carboxylic acids is 2. The Balaban J connectivity index is 3.58. The molecule has 58 heavy (non-hydrogen) atoms. The first-order valence-electron chi connectivity index (χ1n) is 23.6. The largest absolute Gasteiger partial charge is 0.472 e. The minimum Gasteiger partial charge on any atom is -0.463 e. The predicted octanol–water partition coefficient (Wildman–Crippen LogP) is 13.5. The summed E-state index contributed by atoms with van der Waals surface area (Å²) in [4.78, 5) is 33.9. The molecule has 0 aromatic rings. The minimum atomic E-state index is -4.43. The van der Waals surface area contributed by atoms with Crippen molar-refractivity contribution in [1.82, 2.24) is 5.32 Å². The summed E-state index contributed by atoms with van der Waals surface area (Å²) in [5.41, 5.74) is 0. The molecule has 0 saturated carbocycles. The quantitative estimate of drug-likeness (QED) is 0.0239. The van der Waals surface area contributed by atoms with Gasteiger partial charge >= 0.3 is 13.8 Å². The maximum Gasteiger partial charge on any atom is 0.472 e. The Bertz CT molecular complexity index is 1090. The van der Waals surface area contributed by atoms with Crippen molar-refractivity contribution < 1.29 is 37.9 Å². The molecule has 0 aromatic carbocycles. The molecular weight excluding hydrogens is 750 g/mol. The second-order valence-electron chi connectivity index (χ2n) is 15.7. The Morgan fingerprint density at radius 1 is 0.552 bits per heavy atom. The Labute approximate surface area is 355 Å². The number of amides is 1. The molecule has 0 aliphatic rings. The highest BCUT2D eigenvalue weighted by atomic mass is 31.2. The van der Waals surface area contributed by atoms with Crippen LogP contribution >= 0.6 is 7.82 Å². The van der Waals surface area contributed by atoms with Crippen LogP contribution in [0.1, 0.15) is 213 Å². The second-order valence-corrected chi connectivity index (χ2v) is 17.2. The van der Waals surface area contributed by atoms with E-state index < -0.39 is 26.5 Å².